The molecule has 0 spiro atoms. The van der Waals surface area contributed by atoms with Crippen LogP contribution in [0.1, 0.15) is 22.3 Å². The Kier molecular flexibility index (Phi) is 6.91. The predicted molar refractivity (Wildman–Crippen MR) is 135 cm³/mol. The number of carboxylic acids is 1. The molecule has 0 atom stereocenters. The quantitative estimate of drug-likeness (QED) is 0.354. The lowest BCUT2D eigenvalue weighted by Crippen LogP contribution is -2.27. The molecule has 0 aromatic heterocycles. The normalized spacial score (nSPS) is 14.7. The smallest absolute Gasteiger partial charge is 0.307 e. The summed E-state index contributed by atoms with van der Waals surface area (Å²) in [5.41, 5.74) is 4.47. The highest BCUT2D eigenvalue weighted by molar-refractivity contribution is 8.27. The van der Waals surface area contributed by atoms with E-state index in [9.17, 15) is 9.59 Å². The minimum atomic E-state index is -0.900. The van der Waals surface area contributed by atoms with Gasteiger partial charge in [-0.05, 0) is 54.0 Å². The van der Waals surface area contributed by atoms with E-state index in [4.69, 9.17) is 22.1 Å². The Morgan fingerprint density at radius 1 is 1.00 bits per heavy atom. The van der Waals surface area contributed by atoms with E-state index >= 15 is 0 Å². The van der Waals surface area contributed by atoms with Crippen LogP contribution in [0.4, 0.5) is 5.69 Å². The van der Waals surface area contributed by atoms with E-state index in [1.54, 1.807) is 24.3 Å². The Labute approximate surface area is 201 Å². The minimum Gasteiger partial charge on any atom is -0.489 e. The SMILES string of the molecule is Cc1ccc(COc2ccc(/C=C3\SC(=S)N(c4ccc(CC(=O)O)cc4)C3=O)cc2)cc1. The lowest BCUT2D eigenvalue weighted by Gasteiger charge is -2.14. The molecule has 1 fully saturated rings. The maximum absolute atomic E-state index is 13.0. The van der Waals surface area contributed by atoms with Crippen LogP contribution in [0, 0.1) is 6.92 Å². The van der Waals surface area contributed by atoms with E-state index in [0.29, 0.717) is 27.1 Å². The van der Waals surface area contributed by atoms with E-state index in [2.05, 4.69) is 19.1 Å². The van der Waals surface area contributed by atoms with Gasteiger partial charge >= 0.3 is 5.97 Å². The molecular formula is C26H21NO4S2. The van der Waals surface area contributed by atoms with E-state index in [1.165, 1.54) is 22.2 Å². The average molecular weight is 476 g/mol. The summed E-state index contributed by atoms with van der Waals surface area (Å²) in [4.78, 5) is 25.8. The summed E-state index contributed by atoms with van der Waals surface area (Å²) >= 11 is 6.66. The predicted octanol–water partition coefficient (Wildman–Crippen LogP) is 5.61. The highest BCUT2D eigenvalue weighted by Crippen LogP contribution is 2.36. The zero-order chi connectivity index (χ0) is 23.4. The van der Waals surface area contributed by atoms with Crippen LogP contribution >= 0.6 is 24.0 Å². The highest BCUT2D eigenvalue weighted by Gasteiger charge is 2.33. The second-order valence-electron chi connectivity index (χ2n) is 7.60. The first-order chi connectivity index (χ1) is 15.9. The van der Waals surface area contributed by atoms with Crippen LogP contribution in [-0.2, 0) is 22.6 Å². The second kappa shape index (κ2) is 10.0. The van der Waals surface area contributed by atoms with Crippen molar-refractivity contribution in [1.82, 2.24) is 0 Å². The van der Waals surface area contributed by atoms with Crippen LogP contribution in [0.15, 0.2) is 77.7 Å². The molecule has 1 N–H and O–H groups in total. The third-order valence-corrected chi connectivity index (χ3v) is 6.35. The van der Waals surface area contributed by atoms with Crippen LogP contribution in [0.3, 0.4) is 0 Å². The summed E-state index contributed by atoms with van der Waals surface area (Å²) in [5, 5.41) is 8.91. The number of anilines is 1. The zero-order valence-electron chi connectivity index (χ0n) is 17.9. The summed E-state index contributed by atoms with van der Waals surface area (Å²) in [5.74, 6) is -0.347. The van der Waals surface area contributed by atoms with Gasteiger partial charge in [0.1, 0.15) is 12.4 Å². The Balaban J connectivity index is 1.42. The number of thiocarbonyl (C=S) groups is 1. The third kappa shape index (κ3) is 5.69. The van der Waals surface area contributed by atoms with Gasteiger partial charge in [0.25, 0.3) is 5.91 Å². The third-order valence-electron chi connectivity index (χ3n) is 5.05. The van der Waals surface area contributed by atoms with Crippen LogP contribution in [0.2, 0.25) is 0 Å². The van der Waals surface area contributed by atoms with Crippen molar-refractivity contribution in [3.8, 4) is 5.75 Å². The van der Waals surface area contributed by atoms with Crippen molar-refractivity contribution in [2.75, 3.05) is 4.90 Å². The molecule has 5 nitrogen and oxygen atoms in total. The van der Waals surface area contributed by atoms with Gasteiger partial charge in [-0.2, -0.15) is 0 Å². The lowest BCUT2D eigenvalue weighted by atomic mass is 10.1. The maximum atomic E-state index is 13.0. The fourth-order valence-corrected chi connectivity index (χ4v) is 4.59. The Hall–Kier alpha value is -3.42. The summed E-state index contributed by atoms with van der Waals surface area (Å²) in [7, 11) is 0. The number of benzene rings is 3. The van der Waals surface area contributed by atoms with Gasteiger partial charge in [0, 0.05) is 0 Å². The summed E-state index contributed by atoms with van der Waals surface area (Å²) in [6.45, 7) is 2.54. The van der Waals surface area contributed by atoms with Gasteiger partial charge in [-0.25, -0.2) is 0 Å². The van der Waals surface area contributed by atoms with Crippen molar-refractivity contribution in [2.45, 2.75) is 20.0 Å². The van der Waals surface area contributed by atoms with Gasteiger partial charge in [-0.15, -0.1) is 0 Å². The lowest BCUT2D eigenvalue weighted by molar-refractivity contribution is -0.136. The molecule has 1 aliphatic rings. The van der Waals surface area contributed by atoms with Crippen molar-refractivity contribution >= 4 is 51.9 Å². The molecule has 0 bridgehead atoms. The van der Waals surface area contributed by atoms with Gasteiger partial charge in [-0.1, -0.05) is 78.1 Å². The fourth-order valence-electron chi connectivity index (χ4n) is 3.29. The molecule has 0 unspecified atom stereocenters. The summed E-state index contributed by atoms with van der Waals surface area (Å²) in [6.07, 6.45) is 1.74. The number of amides is 1. The number of hydrogen-bond donors (Lipinski definition) is 1. The molecule has 1 saturated heterocycles. The number of hydrogen-bond acceptors (Lipinski definition) is 5. The molecule has 7 heteroatoms. The largest absolute Gasteiger partial charge is 0.489 e. The van der Waals surface area contributed by atoms with Crippen molar-refractivity contribution in [1.29, 1.82) is 0 Å². The molecule has 1 heterocycles. The molecule has 0 radical (unpaired) electrons. The van der Waals surface area contributed by atoms with Crippen molar-refractivity contribution in [3.05, 3.63) is 100.0 Å². The molecule has 33 heavy (non-hydrogen) atoms. The topological polar surface area (TPSA) is 66.8 Å². The summed E-state index contributed by atoms with van der Waals surface area (Å²) in [6, 6.07) is 22.6. The Morgan fingerprint density at radius 2 is 1.64 bits per heavy atom. The van der Waals surface area contributed by atoms with Gasteiger partial charge in [0.2, 0.25) is 0 Å². The monoisotopic (exact) mass is 475 g/mol. The van der Waals surface area contributed by atoms with Crippen LogP contribution < -0.4 is 9.64 Å². The number of carbonyl (C=O) groups excluding carboxylic acids is 1. The molecule has 0 aliphatic carbocycles. The molecule has 4 rings (SSSR count). The first-order valence-corrected chi connectivity index (χ1v) is 11.5. The molecule has 0 saturated carbocycles. The van der Waals surface area contributed by atoms with Crippen molar-refractivity contribution in [3.63, 3.8) is 0 Å². The van der Waals surface area contributed by atoms with E-state index < -0.39 is 5.97 Å². The summed E-state index contributed by atoms with van der Waals surface area (Å²) < 4.78 is 6.29. The van der Waals surface area contributed by atoms with Crippen molar-refractivity contribution in [2.24, 2.45) is 0 Å². The zero-order valence-corrected chi connectivity index (χ0v) is 19.5. The van der Waals surface area contributed by atoms with Gasteiger partial charge < -0.3 is 9.84 Å². The minimum absolute atomic E-state index is 0.0662. The standard InChI is InChI=1S/C26H21NO4S2/c1-17-2-4-20(5-3-17)16-31-22-12-8-18(9-13-22)14-23-25(30)27(26(32)33-23)21-10-6-19(7-11-21)15-24(28)29/h2-14H,15-16H2,1H3,(H,28,29)/b23-14-. The number of carboxylic acid groups (broad SMARTS) is 1. The first kappa shape index (κ1) is 22.8. The molecule has 3 aromatic carbocycles. The fraction of sp³-hybridized carbons (Fsp3) is 0.115. The van der Waals surface area contributed by atoms with Crippen LogP contribution in [-0.4, -0.2) is 21.3 Å². The molecule has 166 valence electrons. The molecule has 3 aromatic rings. The van der Waals surface area contributed by atoms with Crippen LogP contribution in [0.5, 0.6) is 5.75 Å². The Morgan fingerprint density at radius 3 is 2.27 bits per heavy atom. The van der Waals surface area contributed by atoms with Crippen molar-refractivity contribution < 1.29 is 19.4 Å². The van der Waals surface area contributed by atoms with Crippen LogP contribution in [0.25, 0.3) is 6.08 Å². The highest BCUT2D eigenvalue weighted by atomic mass is 32.2. The first-order valence-electron chi connectivity index (χ1n) is 10.3. The number of ether oxygens (including phenoxy) is 1. The average Bonchev–Trinajstić information content (AvgIpc) is 3.07. The number of rotatable bonds is 7. The number of nitrogens with zero attached hydrogens (tertiary/aromatic N) is 1. The van der Waals surface area contributed by atoms with E-state index in [-0.39, 0.29) is 12.3 Å². The van der Waals surface area contributed by atoms with Gasteiger partial charge in [-0.3, -0.25) is 14.5 Å². The number of aryl methyl sites for hydroxylation is 1. The number of aliphatic carboxylic acids is 1. The molecule has 1 aliphatic heterocycles. The van der Waals surface area contributed by atoms with Gasteiger partial charge in [0.15, 0.2) is 4.32 Å². The maximum Gasteiger partial charge on any atom is 0.307 e. The molecule has 1 amide bonds. The second-order valence-corrected chi connectivity index (χ2v) is 9.27. The number of thioether (sulfide) groups is 1. The van der Waals surface area contributed by atoms with E-state index in [1.807, 2.05) is 42.5 Å². The number of carbonyl (C=O) groups is 2. The molecular weight excluding hydrogens is 454 g/mol. The van der Waals surface area contributed by atoms with E-state index in [0.717, 1.165) is 16.9 Å². The van der Waals surface area contributed by atoms with Gasteiger partial charge in [0.05, 0.1) is 17.0 Å². The Bertz CT molecular complexity index is 1220.